The van der Waals surface area contributed by atoms with Gasteiger partial charge in [-0.2, -0.15) is 0 Å². The number of aromatic nitrogens is 2. The highest BCUT2D eigenvalue weighted by atomic mass is 79.9. The first-order valence-corrected chi connectivity index (χ1v) is 17.6. The average molecular weight is 698 g/mol. The molecule has 236 valence electrons. The van der Waals surface area contributed by atoms with E-state index in [0.29, 0.717) is 11.8 Å². The van der Waals surface area contributed by atoms with Gasteiger partial charge in [0.15, 0.2) is 5.58 Å². The van der Waals surface area contributed by atoms with Crippen LogP contribution in [0.1, 0.15) is 30.2 Å². The average Bonchev–Trinajstić information content (AvgIpc) is 3.63. The summed E-state index contributed by atoms with van der Waals surface area (Å²) in [5.74, 6) is 1.14. The van der Waals surface area contributed by atoms with Crippen molar-refractivity contribution < 1.29 is 4.42 Å². The van der Waals surface area contributed by atoms with Crippen LogP contribution in [0.25, 0.3) is 73.1 Å². The summed E-state index contributed by atoms with van der Waals surface area (Å²) in [5, 5.41) is 1.32. The Morgan fingerprint density at radius 1 is 0.714 bits per heavy atom. The Labute approximate surface area is 294 Å². The second kappa shape index (κ2) is 12.2. The third-order valence-electron chi connectivity index (χ3n) is 9.76. The summed E-state index contributed by atoms with van der Waals surface area (Å²) in [6, 6.07) is 40.8. The molecule has 0 aliphatic heterocycles. The zero-order valence-electron chi connectivity index (χ0n) is 27.1. The monoisotopic (exact) mass is 696 g/mol. The predicted octanol–water partition coefficient (Wildman–Crippen LogP) is 12.6. The molecule has 0 saturated heterocycles. The largest absolute Gasteiger partial charge is 0.435 e. The summed E-state index contributed by atoms with van der Waals surface area (Å²) < 4.78 is 9.50. The molecule has 2 aliphatic rings. The minimum atomic E-state index is 0.518. The minimum Gasteiger partial charge on any atom is -0.435 e. The molecule has 2 aliphatic carbocycles. The summed E-state index contributed by atoms with van der Waals surface area (Å²) in [6.07, 6.45) is 15.8. The minimum absolute atomic E-state index is 0.518. The lowest BCUT2D eigenvalue weighted by molar-refractivity contribution is 0.618. The number of allylic oxidation sites excluding steroid dienone is 7. The van der Waals surface area contributed by atoms with Crippen molar-refractivity contribution in [1.29, 1.82) is 0 Å². The molecule has 0 N–H and O–H groups in total. The van der Waals surface area contributed by atoms with Gasteiger partial charge in [0.05, 0.1) is 9.99 Å². The SMILES string of the molecule is CC1C=Cc2c(n(C3=CC=C(c4ccccc4-c4ccccc4-c4ccc(-c5nc6cccc(Br)c6o5)cc4)CC=C3)c3ccccc23)C1. The van der Waals surface area contributed by atoms with Crippen LogP contribution in [0.4, 0.5) is 0 Å². The van der Waals surface area contributed by atoms with E-state index < -0.39 is 0 Å². The van der Waals surface area contributed by atoms with Crippen molar-refractivity contribution in [2.45, 2.75) is 19.8 Å². The third kappa shape index (κ3) is 5.24. The maximum atomic E-state index is 6.12. The quantitative estimate of drug-likeness (QED) is 0.179. The van der Waals surface area contributed by atoms with Gasteiger partial charge in [-0.05, 0) is 111 Å². The van der Waals surface area contributed by atoms with Crippen LogP contribution in [-0.4, -0.2) is 9.55 Å². The summed E-state index contributed by atoms with van der Waals surface area (Å²) >= 11 is 3.58. The molecule has 2 heterocycles. The lowest BCUT2D eigenvalue weighted by atomic mass is 9.88. The summed E-state index contributed by atoms with van der Waals surface area (Å²) in [7, 11) is 0. The van der Waals surface area contributed by atoms with Gasteiger partial charge >= 0.3 is 0 Å². The fourth-order valence-electron chi connectivity index (χ4n) is 7.40. The van der Waals surface area contributed by atoms with Crippen molar-refractivity contribution >= 4 is 55.3 Å². The van der Waals surface area contributed by atoms with E-state index in [1.165, 1.54) is 55.7 Å². The fraction of sp³-hybridized carbons (Fsp3) is 0.0889. The summed E-state index contributed by atoms with van der Waals surface area (Å²) in [6.45, 7) is 2.30. The summed E-state index contributed by atoms with van der Waals surface area (Å²) in [5.41, 5.74) is 15.1. The van der Waals surface area contributed by atoms with Crippen LogP contribution < -0.4 is 0 Å². The third-order valence-corrected chi connectivity index (χ3v) is 10.4. The number of fused-ring (bicyclic) bond motifs is 4. The Balaban J connectivity index is 1.09. The van der Waals surface area contributed by atoms with E-state index in [0.717, 1.165) is 39.5 Å². The molecule has 4 heteroatoms. The van der Waals surface area contributed by atoms with E-state index in [1.54, 1.807) is 0 Å². The molecule has 0 bridgehead atoms. The van der Waals surface area contributed by atoms with Crippen molar-refractivity contribution in [1.82, 2.24) is 9.55 Å². The van der Waals surface area contributed by atoms with E-state index in [4.69, 9.17) is 9.40 Å². The predicted molar refractivity (Wildman–Crippen MR) is 208 cm³/mol. The number of benzene rings is 5. The molecular formula is C45H33BrN2O. The maximum Gasteiger partial charge on any atom is 0.227 e. The molecule has 9 rings (SSSR count). The maximum absolute atomic E-state index is 6.12. The molecule has 3 nitrogen and oxygen atoms in total. The molecule has 0 fully saturated rings. The van der Waals surface area contributed by atoms with Gasteiger partial charge in [0.2, 0.25) is 5.89 Å². The molecule has 0 spiro atoms. The number of hydrogen-bond donors (Lipinski definition) is 0. The highest BCUT2D eigenvalue weighted by Gasteiger charge is 2.22. The Morgan fingerprint density at radius 3 is 2.24 bits per heavy atom. The topological polar surface area (TPSA) is 31.0 Å². The molecule has 7 aromatic rings. The number of oxazole rings is 1. The van der Waals surface area contributed by atoms with Crippen molar-refractivity contribution in [2.75, 3.05) is 0 Å². The molecule has 1 unspecified atom stereocenters. The van der Waals surface area contributed by atoms with Gasteiger partial charge in [-0.25, -0.2) is 4.98 Å². The van der Waals surface area contributed by atoms with Crippen LogP contribution in [-0.2, 0) is 6.42 Å². The Kier molecular flexibility index (Phi) is 7.40. The summed E-state index contributed by atoms with van der Waals surface area (Å²) in [4.78, 5) is 4.73. The fourth-order valence-corrected chi connectivity index (χ4v) is 7.83. The van der Waals surface area contributed by atoms with Crippen LogP contribution in [0.3, 0.4) is 0 Å². The Hall–Kier alpha value is -5.45. The molecule has 0 amide bonds. The molecule has 1 atom stereocenters. The van der Waals surface area contributed by atoms with Crippen LogP contribution >= 0.6 is 15.9 Å². The smallest absolute Gasteiger partial charge is 0.227 e. The highest BCUT2D eigenvalue weighted by Crippen LogP contribution is 2.40. The van der Waals surface area contributed by atoms with E-state index in [9.17, 15) is 0 Å². The molecule has 5 aromatic carbocycles. The Bertz CT molecular complexity index is 2520. The number of nitrogens with zero attached hydrogens (tertiary/aromatic N) is 2. The van der Waals surface area contributed by atoms with Crippen molar-refractivity contribution in [3.05, 3.63) is 167 Å². The first-order valence-electron chi connectivity index (χ1n) is 16.9. The molecular weight excluding hydrogens is 664 g/mol. The second-order valence-corrected chi connectivity index (χ2v) is 13.8. The number of hydrogen-bond acceptors (Lipinski definition) is 2. The lowest BCUT2D eigenvalue weighted by Crippen LogP contribution is -2.08. The van der Waals surface area contributed by atoms with Gasteiger partial charge in [0, 0.05) is 27.9 Å². The van der Waals surface area contributed by atoms with Crippen molar-refractivity contribution in [3.63, 3.8) is 0 Å². The van der Waals surface area contributed by atoms with Gasteiger partial charge in [-0.15, -0.1) is 0 Å². The van der Waals surface area contributed by atoms with Crippen LogP contribution in [0, 0.1) is 5.92 Å². The highest BCUT2D eigenvalue weighted by molar-refractivity contribution is 9.10. The number of halogens is 1. The molecule has 0 radical (unpaired) electrons. The van der Waals surface area contributed by atoms with E-state index in [2.05, 4.69) is 161 Å². The van der Waals surface area contributed by atoms with Crippen molar-refractivity contribution in [2.24, 2.45) is 5.92 Å². The van der Waals surface area contributed by atoms with Crippen LogP contribution in [0.2, 0.25) is 0 Å². The zero-order valence-corrected chi connectivity index (χ0v) is 28.7. The Morgan fingerprint density at radius 2 is 1.43 bits per heavy atom. The normalized spacial score (nSPS) is 15.7. The van der Waals surface area contributed by atoms with Gasteiger partial charge in [-0.3, -0.25) is 0 Å². The van der Waals surface area contributed by atoms with Gasteiger partial charge < -0.3 is 8.98 Å². The standard InChI is InChI=1S/C45H33BrN2O/c1-29-20-27-39-38-16-6-7-19-42(38)48(43(39)28-29)33-11-8-10-30(25-26-33)34-12-2-4-14-36(34)37-15-5-3-13-35(37)31-21-23-32(24-22-31)45-47-41-18-9-17-40(46)44(41)49-45/h2-9,11-27,29H,10,28H2,1H3. The van der Waals surface area contributed by atoms with Crippen LogP contribution in [0.15, 0.2) is 155 Å². The lowest BCUT2D eigenvalue weighted by Gasteiger charge is -2.17. The van der Waals surface area contributed by atoms with Crippen molar-refractivity contribution in [3.8, 4) is 33.7 Å². The second-order valence-electron chi connectivity index (χ2n) is 12.9. The first kappa shape index (κ1) is 29.7. The van der Waals surface area contributed by atoms with E-state index >= 15 is 0 Å². The van der Waals surface area contributed by atoms with E-state index in [1.807, 2.05) is 18.2 Å². The first-order chi connectivity index (χ1) is 24.1. The number of para-hydroxylation sites is 2. The molecule has 2 aromatic heterocycles. The van der Waals surface area contributed by atoms with Gasteiger partial charge in [0.1, 0.15) is 5.52 Å². The number of rotatable bonds is 5. The van der Waals surface area contributed by atoms with E-state index in [-0.39, 0.29) is 0 Å². The van der Waals surface area contributed by atoms with Gasteiger partial charge in [0.25, 0.3) is 0 Å². The zero-order chi connectivity index (χ0) is 32.9. The molecule has 0 saturated carbocycles. The van der Waals surface area contributed by atoms with Crippen LogP contribution in [0.5, 0.6) is 0 Å². The van der Waals surface area contributed by atoms with Gasteiger partial charge in [-0.1, -0.05) is 116 Å². The molecule has 49 heavy (non-hydrogen) atoms.